The molecule has 0 fully saturated rings. The minimum absolute atomic E-state index is 0.471. The molecule has 218 valence electrons. The molecule has 8 aromatic rings. The van der Waals surface area contributed by atoms with Gasteiger partial charge in [-0.2, -0.15) is 0 Å². The molecular formula is C43H30N2O. The van der Waals surface area contributed by atoms with Crippen LogP contribution in [0.1, 0.15) is 5.56 Å². The highest BCUT2D eigenvalue weighted by atomic mass is 16.5. The summed E-state index contributed by atoms with van der Waals surface area (Å²) in [5, 5.41) is 4.94. The van der Waals surface area contributed by atoms with Crippen molar-refractivity contribution in [1.29, 1.82) is 0 Å². The fraction of sp³-hybridized carbons (Fsp3) is 0.0233. The van der Waals surface area contributed by atoms with Crippen LogP contribution >= 0.6 is 0 Å². The molecule has 0 unspecified atom stereocenters. The predicted molar refractivity (Wildman–Crippen MR) is 194 cm³/mol. The minimum Gasteiger partial charge on any atom is -0.489 e. The Morgan fingerprint density at radius 3 is 1.80 bits per heavy atom. The maximum atomic E-state index is 6.30. The van der Waals surface area contributed by atoms with Crippen LogP contribution in [0.15, 0.2) is 164 Å². The van der Waals surface area contributed by atoms with Gasteiger partial charge in [-0.05, 0) is 89.5 Å². The van der Waals surface area contributed by atoms with Crippen molar-refractivity contribution in [2.24, 2.45) is 0 Å². The molecule has 0 saturated carbocycles. The largest absolute Gasteiger partial charge is 0.489 e. The molecule has 3 heterocycles. The standard InChI is InChI=1S/C43H30N2O/c1-29-26-33(45-39-18-8-5-15-34(39)35-16-6-9-19-40(35)45)14-11-25-46-43-24-22-31(27-37(29)43)30-21-23-42-38(28-30)36-17-7-10-20-41(36)44(42)32-12-3-2-4-13-32/h2-24,26-28H,1,25H2/b14-11-,33-26+. The van der Waals surface area contributed by atoms with E-state index in [-0.39, 0.29) is 0 Å². The van der Waals surface area contributed by atoms with Gasteiger partial charge in [-0.25, -0.2) is 0 Å². The van der Waals surface area contributed by atoms with E-state index in [2.05, 4.69) is 173 Å². The Bertz CT molecular complexity index is 2490. The number of fused-ring (bicyclic) bond motifs is 7. The lowest BCUT2D eigenvalue weighted by atomic mass is 9.97. The van der Waals surface area contributed by atoms with E-state index < -0.39 is 0 Å². The average Bonchev–Trinajstić information content (AvgIpc) is 3.64. The Morgan fingerprint density at radius 2 is 1.09 bits per heavy atom. The van der Waals surface area contributed by atoms with Crippen LogP contribution in [-0.4, -0.2) is 15.7 Å². The van der Waals surface area contributed by atoms with Crippen molar-refractivity contribution < 1.29 is 4.74 Å². The molecule has 9 rings (SSSR count). The molecular weight excluding hydrogens is 560 g/mol. The van der Waals surface area contributed by atoms with Crippen molar-refractivity contribution in [3.05, 3.63) is 170 Å². The normalized spacial score (nSPS) is 15.2. The van der Waals surface area contributed by atoms with Crippen molar-refractivity contribution in [2.75, 3.05) is 6.61 Å². The van der Waals surface area contributed by atoms with Crippen LogP contribution in [0.3, 0.4) is 0 Å². The molecule has 0 bridgehead atoms. The zero-order valence-corrected chi connectivity index (χ0v) is 25.2. The second-order valence-corrected chi connectivity index (χ2v) is 11.8. The monoisotopic (exact) mass is 590 g/mol. The smallest absolute Gasteiger partial charge is 0.127 e. The summed E-state index contributed by atoms with van der Waals surface area (Å²) < 4.78 is 11.0. The molecule has 0 saturated heterocycles. The van der Waals surface area contributed by atoms with Gasteiger partial charge in [0.05, 0.1) is 22.1 Å². The zero-order chi connectivity index (χ0) is 30.6. The first kappa shape index (κ1) is 26.4. The van der Waals surface area contributed by atoms with E-state index in [9.17, 15) is 0 Å². The van der Waals surface area contributed by atoms with E-state index in [0.717, 1.165) is 39.4 Å². The van der Waals surface area contributed by atoms with Crippen molar-refractivity contribution in [1.82, 2.24) is 9.13 Å². The maximum Gasteiger partial charge on any atom is 0.127 e. The van der Waals surface area contributed by atoms with Crippen LogP contribution in [0.25, 0.3) is 71.7 Å². The Labute approximate surface area is 267 Å². The summed E-state index contributed by atoms with van der Waals surface area (Å²) in [6.45, 7) is 5.05. The van der Waals surface area contributed by atoms with Crippen LogP contribution in [-0.2, 0) is 0 Å². The molecule has 1 aliphatic heterocycles. The number of nitrogens with zero attached hydrogens (tertiary/aromatic N) is 2. The van der Waals surface area contributed by atoms with Gasteiger partial charge in [0.15, 0.2) is 0 Å². The molecule has 3 heteroatoms. The highest BCUT2D eigenvalue weighted by Crippen LogP contribution is 2.39. The molecule has 46 heavy (non-hydrogen) atoms. The first-order valence-electron chi connectivity index (χ1n) is 15.7. The second-order valence-electron chi connectivity index (χ2n) is 11.8. The summed E-state index contributed by atoms with van der Waals surface area (Å²) in [6, 6.07) is 49.7. The van der Waals surface area contributed by atoms with Gasteiger partial charge in [-0.15, -0.1) is 0 Å². The van der Waals surface area contributed by atoms with Crippen molar-refractivity contribution in [2.45, 2.75) is 0 Å². The third-order valence-corrected chi connectivity index (χ3v) is 9.13. The number of hydrogen-bond donors (Lipinski definition) is 0. The average molecular weight is 591 g/mol. The zero-order valence-electron chi connectivity index (χ0n) is 25.2. The van der Waals surface area contributed by atoms with E-state index >= 15 is 0 Å². The van der Waals surface area contributed by atoms with Gasteiger partial charge < -0.3 is 13.9 Å². The fourth-order valence-electron chi connectivity index (χ4n) is 7.04. The van der Waals surface area contributed by atoms with Gasteiger partial charge in [0, 0.05) is 38.5 Å². The van der Waals surface area contributed by atoms with Gasteiger partial charge in [-0.3, -0.25) is 0 Å². The molecule has 3 nitrogen and oxygen atoms in total. The van der Waals surface area contributed by atoms with Gasteiger partial charge in [0.1, 0.15) is 12.4 Å². The lowest BCUT2D eigenvalue weighted by Crippen LogP contribution is -1.96. The molecule has 0 radical (unpaired) electrons. The summed E-state index contributed by atoms with van der Waals surface area (Å²) >= 11 is 0. The van der Waals surface area contributed by atoms with Crippen LogP contribution in [0.4, 0.5) is 0 Å². The van der Waals surface area contributed by atoms with Crippen molar-refractivity contribution in [3.8, 4) is 22.6 Å². The summed E-state index contributed by atoms with van der Waals surface area (Å²) in [5.74, 6) is 0.833. The van der Waals surface area contributed by atoms with Gasteiger partial charge in [-0.1, -0.05) is 91.5 Å². The Kier molecular flexibility index (Phi) is 6.04. The summed E-state index contributed by atoms with van der Waals surface area (Å²) in [7, 11) is 0. The van der Waals surface area contributed by atoms with Crippen LogP contribution in [0, 0.1) is 0 Å². The summed E-state index contributed by atoms with van der Waals surface area (Å²) in [5.41, 5.74) is 11.1. The van der Waals surface area contributed by atoms with Crippen molar-refractivity contribution >= 4 is 54.9 Å². The van der Waals surface area contributed by atoms with E-state index in [1.54, 1.807) is 0 Å². The second kappa shape index (κ2) is 10.5. The van der Waals surface area contributed by atoms with Gasteiger partial charge in [0.25, 0.3) is 0 Å². The van der Waals surface area contributed by atoms with Crippen LogP contribution in [0.5, 0.6) is 5.75 Å². The summed E-state index contributed by atoms with van der Waals surface area (Å²) in [4.78, 5) is 0. The number of rotatable bonds is 3. The number of para-hydroxylation sites is 4. The number of hydrogen-bond acceptors (Lipinski definition) is 1. The van der Waals surface area contributed by atoms with Crippen molar-refractivity contribution in [3.63, 3.8) is 0 Å². The number of allylic oxidation sites excluding steroid dienone is 4. The van der Waals surface area contributed by atoms with Gasteiger partial charge >= 0.3 is 0 Å². The van der Waals surface area contributed by atoms with E-state index in [1.165, 1.54) is 43.6 Å². The number of ether oxygens (including phenoxy) is 1. The Balaban J connectivity index is 1.18. The Morgan fingerprint density at radius 1 is 0.522 bits per heavy atom. The third-order valence-electron chi connectivity index (χ3n) is 9.13. The number of benzene rings is 6. The molecule has 0 N–H and O–H groups in total. The third kappa shape index (κ3) is 4.13. The lowest BCUT2D eigenvalue weighted by molar-refractivity contribution is 0.362. The molecule has 6 aromatic carbocycles. The molecule has 0 spiro atoms. The fourth-order valence-corrected chi connectivity index (χ4v) is 7.04. The van der Waals surface area contributed by atoms with E-state index in [1.807, 2.05) is 0 Å². The first-order chi connectivity index (χ1) is 22.7. The highest BCUT2D eigenvalue weighted by Gasteiger charge is 2.17. The topological polar surface area (TPSA) is 19.1 Å². The highest BCUT2D eigenvalue weighted by molar-refractivity contribution is 6.12. The molecule has 1 aliphatic rings. The molecule has 0 aliphatic carbocycles. The van der Waals surface area contributed by atoms with Gasteiger partial charge in [0.2, 0.25) is 0 Å². The van der Waals surface area contributed by atoms with Crippen LogP contribution in [0.2, 0.25) is 0 Å². The Hall–Kier alpha value is -6.06. The van der Waals surface area contributed by atoms with Crippen LogP contribution < -0.4 is 4.74 Å². The quantitative estimate of drug-likeness (QED) is 0.200. The molecule has 0 atom stereocenters. The predicted octanol–water partition coefficient (Wildman–Crippen LogP) is 11.1. The molecule has 0 amide bonds. The van der Waals surface area contributed by atoms with E-state index in [0.29, 0.717) is 6.61 Å². The summed E-state index contributed by atoms with van der Waals surface area (Å²) in [6.07, 6.45) is 6.42. The molecule has 2 aromatic heterocycles. The maximum absolute atomic E-state index is 6.30. The first-order valence-corrected chi connectivity index (χ1v) is 15.7. The minimum atomic E-state index is 0.471. The van der Waals surface area contributed by atoms with E-state index in [4.69, 9.17) is 4.74 Å². The SMILES string of the molecule is C=C1/C=C(n2c3ccccc3c3ccccc32)\C=C/COc2ccc(-c3ccc4c(c3)c3ccccc3n4-c3ccccc3)cc21. The number of aromatic nitrogens is 2. The lowest BCUT2D eigenvalue weighted by Gasteiger charge is -2.14.